The third-order valence-corrected chi connectivity index (χ3v) is 5.01. The lowest BCUT2D eigenvalue weighted by Gasteiger charge is -2.19. The molecule has 0 aliphatic rings. The third kappa shape index (κ3) is 5.16. The Balaban J connectivity index is 2.54. The van der Waals surface area contributed by atoms with Crippen LogP contribution in [0.5, 0.6) is 0 Å². The van der Waals surface area contributed by atoms with Gasteiger partial charge >= 0.3 is 0 Å². The first kappa shape index (κ1) is 15.9. The van der Waals surface area contributed by atoms with E-state index in [2.05, 4.69) is 0 Å². The number of hydrogen-bond donors (Lipinski definition) is 1. The van der Waals surface area contributed by atoms with Gasteiger partial charge in [-0.1, -0.05) is 19.1 Å². The number of sulfone groups is 1. The lowest BCUT2D eigenvalue weighted by atomic mass is 10.2. The van der Waals surface area contributed by atoms with E-state index >= 15 is 0 Å². The molecule has 0 saturated carbocycles. The van der Waals surface area contributed by atoms with E-state index in [9.17, 15) is 8.42 Å². The minimum Gasteiger partial charge on any atom is -0.389 e. The van der Waals surface area contributed by atoms with Gasteiger partial charge in [0.15, 0.2) is 0 Å². The van der Waals surface area contributed by atoms with E-state index in [0.717, 1.165) is 11.3 Å². The zero-order valence-corrected chi connectivity index (χ0v) is 12.9. The van der Waals surface area contributed by atoms with Gasteiger partial charge in [-0.05, 0) is 30.7 Å². The quantitative estimate of drug-likeness (QED) is 0.775. The second kappa shape index (κ2) is 6.86. The summed E-state index contributed by atoms with van der Waals surface area (Å²) in [6.07, 6.45) is 0.629. The highest BCUT2D eigenvalue weighted by atomic mass is 32.2. The number of nitrogens with zero attached hydrogens (tertiary/aromatic N) is 1. The predicted octanol–water partition coefficient (Wildman–Crippen LogP) is 1.58. The fourth-order valence-electron chi connectivity index (χ4n) is 1.68. The Bertz CT molecular complexity index is 524. The molecule has 0 atom stereocenters. The van der Waals surface area contributed by atoms with Gasteiger partial charge in [0, 0.05) is 30.6 Å². The molecule has 0 bridgehead atoms. The summed E-state index contributed by atoms with van der Waals surface area (Å²) in [5.74, 6) is 0.443. The fraction of sp³-hybridized carbons (Fsp3) is 0.462. The molecule has 0 aromatic heterocycles. The van der Waals surface area contributed by atoms with Gasteiger partial charge in [0.1, 0.15) is 14.8 Å². The Hall–Kier alpha value is -1.14. The molecule has 0 aliphatic carbocycles. The van der Waals surface area contributed by atoms with Gasteiger partial charge in [-0.15, -0.1) is 0 Å². The first-order chi connectivity index (χ1) is 8.85. The van der Waals surface area contributed by atoms with E-state index < -0.39 is 9.84 Å². The number of rotatable bonds is 7. The molecule has 1 rings (SSSR count). The summed E-state index contributed by atoms with van der Waals surface area (Å²) in [4.78, 5) is 2.40. The van der Waals surface area contributed by atoms with Gasteiger partial charge in [0.05, 0.1) is 5.75 Å². The highest BCUT2D eigenvalue weighted by molar-refractivity contribution is 7.91. The Morgan fingerprint density at radius 1 is 1.32 bits per heavy atom. The number of hydrogen-bond acceptors (Lipinski definition) is 4. The standard InChI is InChI=1S/C13H20N2O2S2/c1-3-19(16,17)10-4-9-15(2)12-7-5-11(6-8-12)13(14)18/h5-8H,3-4,9-10H2,1-2H3,(H2,14,18). The van der Waals surface area contributed by atoms with Crippen molar-refractivity contribution >= 4 is 32.7 Å². The number of benzene rings is 1. The van der Waals surface area contributed by atoms with E-state index in [0.29, 0.717) is 18.0 Å². The van der Waals surface area contributed by atoms with E-state index in [1.54, 1.807) is 6.92 Å². The van der Waals surface area contributed by atoms with E-state index in [1.807, 2.05) is 36.2 Å². The van der Waals surface area contributed by atoms with Crippen LogP contribution in [0.3, 0.4) is 0 Å². The lowest BCUT2D eigenvalue weighted by Crippen LogP contribution is -2.21. The molecule has 2 N–H and O–H groups in total. The van der Waals surface area contributed by atoms with Crippen LogP contribution in [0.25, 0.3) is 0 Å². The minimum absolute atomic E-state index is 0.208. The summed E-state index contributed by atoms with van der Waals surface area (Å²) in [6.45, 7) is 2.37. The van der Waals surface area contributed by atoms with Gasteiger partial charge < -0.3 is 10.6 Å². The fourth-order valence-corrected chi connectivity index (χ4v) is 2.67. The Labute approximate surface area is 120 Å². The van der Waals surface area contributed by atoms with Gasteiger partial charge in [-0.2, -0.15) is 0 Å². The molecule has 0 radical (unpaired) electrons. The first-order valence-electron chi connectivity index (χ1n) is 6.17. The Morgan fingerprint density at radius 2 is 1.89 bits per heavy atom. The molecular formula is C13H20N2O2S2. The maximum atomic E-state index is 11.4. The SMILES string of the molecule is CCS(=O)(=O)CCCN(C)c1ccc(C(N)=S)cc1. The molecule has 0 unspecified atom stereocenters. The predicted molar refractivity (Wildman–Crippen MR) is 84.5 cm³/mol. The molecule has 0 spiro atoms. The topological polar surface area (TPSA) is 63.4 Å². The maximum absolute atomic E-state index is 11.4. The van der Waals surface area contributed by atoms with Crippen LogP contribution in [-0.4, -0.2) is 38.5 Å². The minimum atomic E-state index is -2.88. The van der Waals surface area contributed by atoms with Crippen LogP contribution in [0.4, 0.5) is 5.69 Å². The summed E-state index contributed by atoms with van der Waals surface area (Å²) in [7, 11) is -0.937. The number of thiocarbonyl (C=S) groups is 1. The van der Waals surface area contributed by atoms with Crippen LogP contribution in [-0.2, 0) is 9.84 Å². The maximum Gasteiger partial charge on any atom is 0.150 e. The van der Waals surface area contributed by atoms with Gasteiger partial charge in [0.2, 0.25) is 0 Å². The molecule has 4 nitrogen and oxygen atoms in total. The normalized spacial score (nSPS) is 11.3. The molecule has 0 amide bonds. The second-order valence-corrected chi connectivity index (χ2v) is 7.34. The van der Waals surface area contributed by atoms with Crippen molar-refractivity contribution in [2.24, 2.45) is 5.73 Å². The van der Waals surface area contributed by atoms with Crippen molar-refractivity contribution in [3.05, 3.63) is 29.8 Å². The zero-order chi connectivity index (χ0) is 14.5. The van der Waals surface area contributed by atoms with Crippen LogP contribution in [0.15, 0.2) is 24.3 Å². The van der Waals surface area contributed by atoms with E-state index in [4.69, 9.17) is 18.0 Å². The molecular weight excluding hydrogens is 280 g/mol. The summed E-state index contributed by atoms with van der Waals surface area (Å²) in [5.41, 5.74) is 7.39. The molecule has 106 valence electrons. The monoisotopic (exact) mass is 300 g/mol. The first-order valence-corrected chi connectivity index (χ1v) is 8.40. The van der Waals surface area contributed by atoms with Crippen LogP contribution < -0.4 is 10.6 Å². The summed E-state index contributed by atoms with van der Waals surface area (Å²) < 4.78 is 22.8. The van der Waals surface area contributed by atoms with Crippen LogP contribution in [0, 0.1) is 0 Å². The molecule has 1 aromatic carbocycles. The van der Waals surface area contributed by atoms with E-state index in [-0.39, 0.29) is 11.5 Å². The van der Waals surface area contributed by atoms with Crippen LogP contribution in [0.2, 0.25) is 0 Å². The van der Waals surface area contributed by atoms with Crippen molar-refractivity contribution < 1.29 is 8.42 Å². The average molecular weight is 300 g/mol. The van der Waals surface area contributed by atoms with Crippen molar-refractivity contribution in [1.82, 2.24) is 0 Å². The molecule has 6 heteroatoms. The highest BCUT2D eigenvalue weighted by Crippen LogP contribution is 2.14. The van der Waals surface area contributed by atoms with Crippen molar-refractivity contribution in [1.29, 1.82) is 0 Å². The van der Waals surface area contributed by atoms with Crippen LogP contribution in [0.1, 0.15) is 18.9 Å². The Morgan fingerprint density at radius 3 is 2.37 bits per heavy atom. The Kier molecular flexibility index (Phi) is 5.75. The molecule has 0 aliphatic heterocycles. The molecule has 1 aromatic rings. The smallest absolute Gasteiger partial charge is 0.150 e. The third-order valence-electron chi connectivity index (χ3n) is 2.98. The number of nitrogens with two attached hydrogens (primary N) is 1. The molecule has 0 heterocycles. The number of anilines is 1. The average Bonchev–Trinajstić information content (AvgIpc) is 2.38. The van der Waals surface area contributed by atoms with Gasteiger partial charge in [0.25, 0.3) is 0 Å². The molecule has 0 fully saturated rings. The lowest BCUT2D eigenvalue weighted by molar-refractivity contribution is 0.594. The molecule has 19 heavy (non-hydrogen) atoms. The second-order valence-electron chi connectivity index (χ2n) is 4.42. The van der Waals surface area contributed by atoms with Gasteiger partial charge in [-0.3, -0.25) is 0 Å². The molecule has 0 saturated heterocycles. The summed E-state index contributed by atoms with van der Waals surface area (Å²) in [6, 6.07) is 7.61. The van der Waals surface area contributed by atoms with Crippen molar-refractivity contribution in [2.45, 2.75) is 13.3 Å². The zero-order valence-electron chi connectivity index (χ0n) is 11.3. The van der Waals surface area contributed by atoms with Crippen molar-refractivity contribution in [3.63, 3.8) is 0 Å². The highest BCUT2D eigenvalue weighted by Gasteiger charge is 2.08. The largest absolute Gasteiger partial charge is 0.389 e. The van der Waals surface area contributed by atoms with Crippen molar-refractivity contribution in [3.8, 4) is 0 Å². The van der Waals surface area contributed by atoms with Crippen molar-refractivity contribution in [2.75, 3.05) is 30.0 Å². The van der Waals surface area contributed by atoms with Crippen LogP contribution >= 0.6 is 12.2 Å². The summed E-state index contributed by atoms with van der Waals surface area (Å²) in [5, 5.41) is 0. The summed E-state index contributed by atoms with van der Waals surface area (Å²) >= 11 is 4.89. The van der Waals surface area contributed by atoms with Gasteiger partial charge in [-0.25, -0.2) is 8.42 Å². The van der Waals surface area contributed by atoms with E-state index in [1.165, 1.54) is 0 Å².